The summed E-state index contributed by atoms with van der Waals surface area (Å²) in [7, 11) is 1.28. The number of esters is 1. The predicted octanol–water partition coefficient (Wildman–Crippen LogP) is -0.500. The van der Waals surface area contributed by atoms with Crippen molar-refractivity contribution in [3.05, 3.63) is 0 Å². The van der Waals surface area contributed by atoms with E-state index in [9.17, 15) is 9.59 Å². The van der Waals surface area contributed by atoms with E-state index in [0.29, 0.717) is 6.54 Å². The molecule has 0 spiro atoms. The van der Waals surface area contributed by atoms with Crippen LogP contribution in [-0.4, -0.2) is 54.4 Å². The number of nitrogens with zero attached hydrogens (tertiary/aromatic N) is 1. The second-order valence-corrected chi connectivity index (χ2v) is 3.27. The van der Waals surface area contributed by atoms with Gasteiger partial charge in [0.1, 0.15) is 6.04 Å². The summed E-state index contributed by atoms with van der Waals surface area (Å²) in [6.45, 7) is 2.39. The Hall–Kier alpha value is -1.30. The number of piperazine rings is 1. The van der Waals surface area contributed by atoms with Gasteiger partial charge in [0, 0.05) is 12.6 Å². The summed E-state index contributed by atoms with van der Waals surface area (Å²) in [6, 6.07) is -0.666. The summed E-state index contributed by atoms with van der Waals surface area (Å²) in [5.41, 5.74) is 0. The van der Waals surface area contributed by atoms with Gasteiger partial charge in [-0.2, -0.15) is 0 Å². The summed E-state index contributed by atoms with van der Waals surface area (Å²) in [5, 5.41) is 11.8. The minimum atomic E-state index is -1.01. The molecule has 2 N–H and O–H groups in total. The van der Waals surface area contributed by atoms with E-state index in [4.69, 9.17) is 5.11 Å². The summed E-state index contributed by atoms with van der Waals surface area (Å²) < 4.78 is 4.53. The number of carbonyl (C=O) groups excluding carboxylic acids is 1. The standard InChI is InChI=1S/C8H14N2O4/c1-5-3-9-6(7(11)14-2)4-10(5)8(12)13/h5-6,9H,3-4H2,1-2H3,(H,12,13). The molecule has 1 saturated heterocycles. The molecule has 80 valence electrons. The first kappa shape index (κ1) is 10.8. The number of methoxy groups -OCH3 is 1. The molecule has 1 rings (SSSR count). The fourth-order valence-corrected chi connectivity index (χ4v) is 1.43. The second-order valence-electron chi connectivity index (χ2n) is 3.27. The van der Waals surface area contributed by atoms with E-state index in [0.717, 1.165) is 0 Å². The summed E-state index contributed by atoms with van der Waals surface area (Å²) in [4.78, 5) is 23.1. The Balaban J connectivity index is 2.62. The van der Waals surface area contributed by atoms with Crippen LogP contribution < -0.4 is 5.32 Å². The fraction of sp³-hybridized carbons (Fsp3) is 0.750. The van der Waals surface area contributed by atoms with E-state index in [2.05, 4.69) is 10.1 Å². The summed E-state index contributed by atoms with van der Waals surface area (Å²) in [6.07, 6.45) is -1.01. The maximum atomic E-state index is 11.1. The Morgan fingerprint density at radius 1 is 1.57 bits per heavy atom. The first-order valence-electron chi connectivity index (χ1n) is 4.37. The van der Waals surface area contributed by atoms with Crippen molar-refractivity contribution in [2.45, 2.75) is 19.0 Å². The highest BCUT2D eigenvalue weighted by atomic mass is 16.5. The minimum Gasteiger partial charge on any atom is -0.468 e. The molecule has 6 nitrogen and oxygen atoms in total. The van der Waals surface area contributed by atoms with E-state index in [1.54, 1.807) is 6.92 Å². The lowest BCUT2D eigenvalue weighted by atomic mass is 10.1. The molecule has 0 aromatic heterocycles. The zero-order chi connectivity index (χ0) is 10.7. The first-order chi connectivity index (χ1) is 6.56. The van der Waals surface area contributed by atoms with Crippen molar-refractivity contribution in [3.63, 3.8) is 0 Å². The number of carbonyl (C=O) groups is 2. The largest absolute Gasteiger partial charge is 0.468 e. The third-order valence-electron chi connectivity index (χ3n) is 2.30. The number of amides is 1. The van der Waals surface area contributed by atoms with Crippen LogP contribution in [0.4, 0.5) is 4.79 Å². The van der Waals surface area contributed by atoms with E-state index < -0.39 is 18.1 Å². The van der Waals surface area contributed by atoms with Crippen LogP contribution >= 0.6 is 0 Å². The smallest absolute Gasteiger partial charge is 0.407 e. The van der Waals surface area contributed by atoms with E-state index in [1.807, 2.05) is 0 Å². The number of hydrogen-bond donors (Lipinski definition) is 2. The van der Waals surface area contributed by atoms with Crippen LogP contribution in [0, 0.1) is 0 Å². The van der Waals surface area contributed by atoms with Crippen LogP contribution in [0.15, 0.2) is 0 Å². The van der Waals surface area contributed by atoms with Gasteiger partial charge in [-0.25, -0.2) is 4.79 Å². The van der Waals surface area contributed by atoms with Gasteiger partial charge in [-0.3, -0.25) is 4.79 Å². The lowest BCUT2D eigenvalue weighted by Gasteiger charge is -2.35. The van der Waals surface area contributed by atoms with Crippen LogP contribution in [-0.2, 0) is 9.53 Å². The van der Waals surface area contributed by atoms with Crippen molar-refractivity contribution in [2.24, 2.45) is 0 Å². The molecule has 1 aliphatic heterocycles. The fourth-order valence-electron chi connectivity index (χ4n) is 1.43. The average molecular weight is 202 g/mol. The minimum absolute atomic E-state index is 0.117. The lowest BCUT2D eigenvalue weighted by Crippen LogP contribution is -2.59. The van der Waals surface area contributed by atoms with Crippen molar-refractivity contribution in [1.29, 1.82) is 0 Å². The van der Waals surface area contributed by atoms with Crippen molar-refractivity contribution in [3.8, 4) is 0 Å². The molecular formula is C8H14N2O4. The maximum Gasteiger partial charge on any atom is 0.407 e. The van der Waals surface area contributed by atoms with Gasteiger partial charge in [0.25, 0.3) is 0 Å². The number of rotatable bonds is 1. The van der Waals surface area contributed by atoms with Crippen LogP contribution in [0.1, 0.15) is 6.92 Å². The molecule has 14 heavy (non-hydrogen) atoms. The zero-order valence-corrected chi connectivity index (χ0v) is 8.19. The predicted molar refractivity (Wildman–Crippen MR) is 48.0 cm³/mol. The Morgan fingerprint density at radius 2 is 2.21 bits per heavy atom. The van der Waals surface area contributed by atoms with Gasteiger partial charge < -0.3 is 20.1 Å². The molecule has 0 bridgehead atoms. The Bertz CT molecular complexity index is 243. The van der Waals surface area contributed by atoms with Gasteiger partial charge in [-0.1, -0.05) is 0 Å². The monoisotopic (exact) mass is 202 g/mol. The maximum absolute atomic E-state index is 11.1. The zero-order valence-electron chi connectivity index (χ0n) is 8.19. The van der Waals surface area contributed by atoms with E-state index in [1.165, 1.54) is 12.0 Å². The van der Waals surface area contributed by atoms with Crippen LogP contribution in [0.3, 0.4) is 0 Å². The number of hydrogen-bond acceptors (Lipinski definition) is 4. The third-order valence-corrected chi connectivity index (χ3v) is 2.30. The van der Waals surface area contributed by atoms with Gasteiger partial charge in [-0.05, 0) is 6.92 Å². The highest BCUT2D eigenvalue weighted by Crippen LogP contribution is 2.07. The van der Waals surface area contributed by atoms with Gasteiger partial charge in [0.15, 0.2) is 0 Å². The molecule has 1 fully saturated rings. The molecule has 2 unspecified atom stereocenters. The molecule has 1 aliphatic rings. The molecule has 2 atom stereocenters. The van der Waals surface area contributed by atoms with Gasteiger partial charge in [0.05, 0.1) is 13.7 Å². The van der Waals surface area contributed by atoms with Crippen LogP contribution in [0.5, 0.6) is 0 Å². The van der Waals surface area contributed by atoms with Gasteiger partial charge in [-0.15, -0.1) is 0 Å². The molecule has 0 aromatic carbocycles. The van der Waals surface area contributed by atoms with Crippen molar-refractivity contribution < 1.29 is 19.4 Å². The molecule has 0 radical (unpaired) electrons. The van der Waals surface area contributed by atoms with Crippen molar-refractivity contribution in [1.82, 2.24) is 10.2 Å². The lowest BCUT2D eigenvalue weighted by molar-refractivity contribution is -0.144. The number of nitrogens with one attached hydrogen (secondary N) is 1. The van der Waals surface area contributed by atoms with Crippen LogP contribution in [0.25, 0.3) is 0 Å². The quantitative estimate of drug-likeness (QED) is 0.560. The normalized spacial score (nSPS) is 27.1. The second kappa shape index (κ2) is 4.28. The van der Waals surface area contributed by atoms with Crippen molar-refractivity contribution in [2.75, 3.05) is 20.2 Å². The van der Waals surface area contributed by atoms with E-state index >= 15 is 0 Å². The highest BCUT2D eigenvalue weighted by Gasteiger charge is 2.32. The molecule has 1 amide bonds. The highest BCUT2D eigenvalue weighted by molar-refractivity contribution is 5.77. The van der Waals surface area contributed by atoms with E-state index in [-0.39, 0.29) is 12.6 Å². The topological polar surface area (TPSA) is 78.9 Å². The Kier molecular flexibility index (Phi) is 3.29. The average Bonchev–Trinajstić information content (AvgIpc) is 2.17. The molecule has 0 aromatic rings. The first-order valence-corrected chi connectivity index (χ1v) is 4.37. The third kappa shape index (κ3) is 2.14. The number of carboxylic acid groups (broad SMARTS) is 1. The van der Waals surface area contributed by atoms with Gasteiger partial charge in [0.2, 0.25) is 0 Å². The molecule has 0 aliphatic carbocycles. The summed E-state index contributed by atoms with van der Waals surface area (Å²) in [5.74, 6) is -0.428. The van der Waals surface area contributed by atoms with Crippen molar-refractivity contribution >= 4 is 12.1 Å². The molecular weight excluding hydrogens is 188 g/mol. The molecule has 6 heteroatoms. The SMILES string of the molecule is COC(=O)C1CN(C(=O)O)C(C)CN1. The molecule has 1 heterocycles. The number of ether oxygens (including phenoxy) is 1. The van der Waals surface area contributed by atoms with Crippen LogP contribution in [0.2, 0.25) is 0 Å². The van der Waals surface area contributed by atoms with Gasteiger partial charge >= 0.3 is 12.1 Å². The summed E-state index contributed by atoms with van der Waals surface area (Å²) >= 11 is 0. The molecule has 0 saturated carbocycles. The Morgan fingerprint density at radius 3 is 2.71 bits per heavy atom. The Labute approximate surface area is 81.8 Å².